The summed E-state index contributed by atoms with van der Waals surface area (Å²) >= 11 is 7.74. The largest absolute Gasteiger partial charge is 0.493 e. The summed E-state index contributed by atoms with van der Waals surface area (Å²) in [6.45, 7) is 0. The van der Waals surface area contributed by atoms with E-state index in [1.165, 1.54) is 31.6 Å². The monoisotopic (exact) mass is 466 g/mol. The Balaban J connectivity index is 1.72. The smallest absolute Gasteiger partial charge is 0.267 e. The normalized spacial score (nSPS) is 10.6. The second-order valence-electron chi connectivity index (χ2n) is 6.77. The predicted molar refractivity (Wildman–Crippen MR) is 129 cm³/mol. The van der Waals surface area contributed by atoms with Gasteiger partial charge in [-0.05, 0) is 24.3 Å². The van der Waals surface area contributed by atoms with Crippen molar-refractivity contribution in [3.05, 3.63) is 82.2 Å². The Labute approximate surface area is 193 Å². The highest BCUT2D eigenvalue weighted by atomic mass is 35.5. The lowest BCUT2D eigenvalue weighted by Crippen LogP contribution is -2.18. The number of amides is 2. The molecule has 1 heterocycles. The second-order valence-corrected chi connectivity index (χ2v) is 8.20. The molecule has 0 saturated heterocycles. The number of carbonyl (C=O) groups excluding carboxylic acids is 2. The summed E-state index contributed by atoms with van der Waals surface area (Å²) < 4.78 is 11.6. The van der Waals surface area contributed by atoms with E-state index in [-0.39, 0.29) is 11.3 Å². The number of para-hydroxylation sites is 1. The fourth-order valence-electron chi connectivity index (χ4n) is 3.23. The van der Waals surface area contributed by atoms with Gasteiger partial charge in [0.05, 0.1) is 30.5 Å². The molecule has 0 aliphatic heterocycles. The first kappa shape index (κ1) is 21.7. The van der Waals surface area contributed by atoms with Gasteiger partial charge in [0.1, 0.15) is 4.88 Å². The number of hydrogen-bond acceptors (Lipinski definition) is 5. The molecule has 0 fully saturated rings. The van der Waals surface area contributed by atoms with Crippen molar-refractivity contribution < 1.29 is 19.1 Å². The number of methoxy groups -OCH3 is 2. The zero-order valence-corrected chi connectivity index (χ0v) is 18.8. The van der Waals surface area contributed by atoms with E-state index in [0.717, 1.165) is 10.1 Å². The number of ether oxygens (including phenoxy) is 2. The summed E-state index contributed by atoms with van der Waals surface area (Å²) in [5, 5.41) is 6.81. The second kappa shape index (κ2) is 9.30. The summed E-state index contributed by atoms with van der Waals surface area (Å²) in [4.78, 5) is 26.5. The summed E-state index contributed by atoms with van der Waals surface area (Å²) in [6, 6.07) is 19.6. The third-order valence-electron chi connectivity index (χ3n) is 4.79. The molecule has 8 heteroatoms. The number of anilines is 2. The number of hydrogen-bond donors (Lipinski definition) is 2. The lowest BCUT2D eigenvalue weighted by atomic mass is 10.1. The van der Waals surface area contributed by atoms with Gasteiger partial charge in [-0.1, -0.05) is 48.0 Å². The maximum atomic E-state index is 13.1. The molecule has 0 saturated carbocycles. The van der Waals surface area contributed by atoms with Crippen LogP contribution >= 0.6 is 22.9 Å². The third kappa shape index (κ3) is 4.26. The van der Waals surface area contributed by atoms with Crippen molar-refractivity contribution >= 4 is 56.2 Å². The first-order valence-electron chi connectivity index (χ1n) is 9.62. The van der Waals surface area contributed by atoms with Crippen LogP contribution in [0.5, 0.6) is 11.5 Å². The van der Waals surface area contributed by atoms with E-state index in [1.807, 2.05) is 42.5 Å². The lowest BCUT2D eigenvalue weighted by Gasteiger charge is -2.15. The first-order valence-corrected chi connectivity index (χ1v) is 10.8. The molecule has 2 amide bonds. The molecule has 6 nitrogen and oxygen atoms in total. The van der Waals surface area contributed by atoms with Crippen LogP contribution in [0.2, 0.25) is 5.02 Å². The first-order chi connectivity index (χ1) is 15.5. The van der Waals surface area contributed by atoms with Crippen LogP contribution < -0.4 is 20.1 Å². The Morgan fingerprint density at radius 2 is 1.50 bits per heavy atom. The van der Waals surface area contributed by atoms with Gasteiger partial charge in [0.25, 0.3) is 11.8 Å². The fraction of sp³-hybridized carbons (Fsp3) is 0.0833. The van der Waals surface area contributed by atoms with E-state index in [2.05, 4.69) is 10.6 Å². The van der Waals surface area contributed by atoms with Gasteiger partial charge in [0.2, 0.25) is 0 Å². The fourth-order valence-corrected chi connectivity index (χ4v) is 4.64. The summed E-state index contributed by atoms with van der Waals surface area (Å²) in [5.74, 6) is -0.0859. The minimum Gasteiger partial charge on any atom is -0.493 e. The van der Waals surface area contributed by atoms with E-state index in [4.69, 9.17) is 21.1 Å². The standard InChI is InChI=1S/C24H19ClN2O4S/c1-30-18-12-16(23(28)26-14-8-4-3-5-9-14)17(13-19(18)31-2)27-24(29)22-21(25)15-10-6-7-11-20(15)32-22/h3-13H,1-2H3,(H,26,28)(H,27,29). The molecule has 0 unspecified atom stereocenters. The number of nitrogens with one attached hydrogen (secondary N) is 2. The van der Waals surface area contributed by atoms with Crippen LogP contribution in [0.15, 0.2) is 66.7 Å². The Morgan fingerprint density at radius 1 is 0.844 bits per heavy atom. The topological polar surface area (TPSA) is 76.7 Å². The van der Waals surface area contributed by atoms with Crippen molar-refractivity contribution in [2.45, 2.75) is 0 Å². The van der Waals surface area contributed by atoms with Gasteiger partial charge in [-0.15, -0.1) is 11.3 Å². The van der Waals surface area contributed by atoms with Gasteiger partial charge in [0, 0.05) is 21.8 Å². The average molecular weight is 467 g/mol. The molecule has 0 aliphatic carbocycles. The zero-order valence-electron chi connectivity index (χ0n) is 17.3. The molecule has 4 aromatic rings. The van der Waals surface area contributed by atoms with E-state index in [1.54, 1.807) is 18.2 Å². The zero-order chi connectivity index (χ0) is 22.7. The van der Waals surface area contributed by atoms with Crippen LogP contribution in [-0.2, 0) is 0 Å². The molecule has 0 radical (unpaired) electrons. The van der Waals surface area contributed by atoms with Crippen LogP contribution in [-0.4, -0.2) is 26.0 Å². The molecule has 0 atom stereocenters. The minimum absolute atomic E-state index is 0.220. The molecule has 0 bridgehead atoms. The average Bonchev–Trinajstić information content (AvgIpc) is 3.16. The minimum atomic E-state index is -0.419. The van der Waals surface area contributed by atoms with Crippen molar-refractivity contribution in [1.29, 1.82) is 0 Å². The molecular weight excluding hydrogens is 448 g/mol. The molecular formula is C24H19ClN2O4S. The van der Waals surface area contributed by atoms with Gasteiger partial charge in [-0.25, -0.2) is 0 Å². The highest BCUT2D eigenvalue weighted by Gasteiger charge is 2.22. The molecule has 4 rings (SSSR count). The van der Waals surface area contributed by atoms with Crippen molar-refractivity contribution in [1.82, 2.24) is 0 Å². The van der Waals surface area contributed by atoms with Crippen molar-refractivity contribution in [3.63, 3.8) is 0 Å². The van der Waals surface area contributed by atoms with E-state index < -0.39 is 11.8 Å². The highest BCUT2D eigenvalue weighted by molar-refractivity contribution is 7.21. The Hall–Kier alpha value is -3.55. The molecule has 0 spiro atoms. The molecule has 32 heavy (non-hydrogen) atoms. The van der Waals surface area contributed by atoms with Gasteiger partial charge in [-0.2, -0.15) is 0 Å². The van der Waals surface area contributed by atoms with Crippen molar-refractivity contribution in [2.24, 2.45) is 0 Å². The predicted octanol–water partition coefficient (Wildman–Crippen LogP) is 6.08. The molecule has 3 aromatic carbocycles. The van der Waals surface area contributed by atoms with Gasteiger partial charge in [0.15, 0.2) is 11.5 Å². The van der Waals surface area contributed by atoms with Crippen LogP contribution in [0.3, 0.4) is 0 Å². The van der Waals surface area contributed by atoms with Crippen molar-refractivity contribution in [3.8, 4) is 11.5 Å². The molecule has 1 aromatic heterocycles. The quantitative estimate of drug-likeness (QED) is 0.361. The third-order valence-corrected chi connectivity index (χ3v) is 6.46. The van der Waals surface area contributed by atoms with Crippen LogP contribution in [0.4, 0.5) is 11.4 Å². The number of carbonyl (C=O) groups is 2. The molecule has 162 valence electrons. The van der Waals surface area contributed by atoms with E-state index >= 15 is 0 Å². The van der Waals surface area contributed by atoms with Crippen LogP contribution in [0.25, 0.3) is 10.1 Å². The number of rotatable bonds is 6. The number of benzene rings is 3. The molecule has 2 N–H and O–H groups in total. The maximum Gasteiger partial charge on any atom is 0.267 e. The summed E-state index contributed by atoms with van der Waals surface area (Å²) in [6.07, 6.45) is 0. The number of thiophene rings is 1. The lowest BCUT2D eigenvalue weighted by molar-refractivity contribution is 0.102. The highest BCUT2D eigenvalue weighted by Crippen LogP contribution is 2.37. The maximum absolute atomic E-state index is 13.1. The van der Waals surface area contributed by atoms with Gasteiger partial charge < -0.3 is 20.1 Å². The Morgan fingerprint density at radius 3 is 2.19 bits per heavy atom. The molecule has 0 aliphatic rings. The van der Waals surface area contributed by atoms with Crippen LogP contribution in [0.1, 0.15) is 20.0 Å². The summed E-state index contributed by atoms with van der Waals surface area (Å²) in [5.41, 5.74) is 1.11. The number of fused-ring (bicyclic) bond motifs is 1. The van der Waals surface area contributed by atoms with Crippen molar-refractivity contribution in [2.75, 3.05) is 24.9 Å². The van der Waals surface area contributed by atoms with E-state index in [0.29, 0.717) is 27.1 Å². The summed E-state index contributed by atoms with van der Waals surface area (Å²) in [7, 11) is 2.96. The van der Waals surface area contributed by atoms with E-state index in [9.17, 15) is 9.59 Å². The Kier molecular flexibility index (Phi) is 6.30. The Bertz CT molecular complexity index is 1300. The van der Waals surface area contributed by atoms with Gasteiger partial charge >= 0.3 is 0 Å². The van der Waals surface area contributed by atoms with Gasteiger partial charge in [-0.3, -0.25) is 9.59 Å². The van der Waals surface area contributed by atoms with Crippen LogP contribution in [0, 0.1) is 0 Å². The SMILES string of the molecule is COc1cc(NC(=O)c2sc3ccccc3c2Cl)c(C(=O)Nc2ccccc2)cc1OC. The number of halogens is 1.